The number of likely N-dealkylation sites (tertiary alicyclic amines) is 2. The molecular formula is C82H106N16O17. The zero-order chi connectivity index (χ0) is 83.2. The molecule has 2 saturated heterocycles. The van der Waals surface area contributed by atoms with Crippen LogP contribution >= 0.6 is 0 Å². The van der Waals surface area contributed by atoms with Crippen molar-refractivity contribution in [1.29, 1.82) is 0 Å². The number of aliphatic hydroxyl groups is 4. The van der Waals surface area contributed by atoms with Gasteiger partial charge in [0.1, 0.15) is 60.4 Å². The van der Waals surface area contributed by atoms with Crippen LogP contribution in [0.2, 0.25) is 0 Å². The van der Waals surface area contributed by atoms with Gasteiger partial charge in [-0.05, 0) is 118 Å². The van der Waals surface area contributed by atoms with Gasteiger partial charge in [0.25, 0.3) is 0 Å². The summed E-state index contributed by atoms with van der Waals surface area (Å²) in [7, 11) is 0. The van der Waals surface area contributed by atoms with E-state index in [0.717, 1.165) is 31.7 Å². The fraction of sp³-hybridized carbons (Fsp3) is 0.463. The molecule has 0 bridgehead atoms. The predicted octanol–water partition coefficient (Wildman–Crippen LogP) is 1.25. The summed E-state index contributed by atoms with van der Waals surface area (Å²) in [6.45, 7) is 12.0. The van der Waals surface area contributed by atoms with E-state index in [1.54, 1.807) is 74.2 Å². The van der Waals surface area contributed by atoms with Crippen molar-refractivity contribution in [3.63, 3.8) is 0 Å². The molecule has 0 unspecified atom stereocenters. The van der Waals surface area contributed by atoms with E-state index in [1.807, 2.05) is 75.4 Å². The number of nitrogens with one attached hydrogen (secondary N) is 13. The van der Waals surface area contributed by atoms with Crippen molar-refractivity contribution in [3.8, 4) is 0 Å². The number of carbonyl (C=O) groups is 12. The van der Waals surface area contributed by atoms with E-state index in [2.05, 4.69) is 67.8 Å². The maximum atomic E-state index is 15.8. The van der Waals surface area contributed by atoms with E-state index in [4.69, 9.17) is 5.73 Å². The summed E-state index contributed by atoms with van der Waals surface area (Å²) in [4.78, 5) is 190. The first kappa shape index (κ1) is 85.9. The quantitative estimate of drug-likeness (QED) is 0.0261. The van der Waals surface area contributed by atoms with E-state index < -0.39 is 168 Å². The van der Waals surface area contributed by atoms with Crippen LogP contribution in [0, 0.1) is 11.8 Å². The molecule has 115 heavy (non-hydrogen) atoms. The Morgan fingerprint density at radius 2 is 0.696 bits per heavy atom. The zero-order valence-corrected chi connectivity index (χ0v) is 65.5. The Labute approximate surface area is 663 Å². The highest BCUT2D eigenvalue weighted by molar-refractivity contribution is 6.01. The molecule has 2 aliphatic rings. The molecule has 0 aliphatic carbocycles. The van der Waals surface area contributed by atoms with Gasteiger partial charge in [-0.1, -0.05) is 107 Å². The molecule has 2 fully saturated rings. The van der Waals surface area contributed by atoms with Crippen LogP contribution in [0.15, 0.2) is 122 Å². The van der Waals surface area contributed by atoms with Crippen LogP contribution < -0.4 is 53.6 Å². The minimum absolute atomic E-state index is 0.0145. The minimum atomic E-state index is -1.89. The second kappa shape index (κ2) is 38.5. The maximum Gasteiger partial charge on any atom is 0.328 e. The fourth-order valence-electron chi connectivity index (χ4n) is 15.1. The highest BCUT2D eigenvalue weighted by atomic mass is 16.4. The van der Waals surface area contributed by atoms with Crippen LogP contribution in [0.3, 0.4) is 0 Å². The van der Waals surface area contributed by atoms with E-state index in [9.17, 15) is 59.1 Å². The smallest absolute Gasteiger partial charge is 0.328 e. The number of hydrogen-bond acceptors (Lipinski definition) is 17. The number of aliphatic carboxylic acids is 1. The number of aromatic nitrogens is 4. The maximum absolute atomic E-state index is 15.8. The molecule has 0 radical (unpaired) electrons. The number of aromatic amines is 4. The second-order valence-corrected chi connectivity index (χ2v) is 30.7. The third-order valence-electron chi connectivity index (χ3n) is 21.7. The van der Waals surface area contributed by atoms with Gasteiger partial charge >= 0.3 is 5.97 Å². The van der Waals surface area contributed by atoms with Crippen LogP contribution in [0.5, 0.6) is 0 Å². The summed E-state index contributed by atoms with van der Waals surface area (Å²) in [6.07, 6.45) is 0.851. The SMILES string of the molecule is CC[C@H](C)[C@H](N)C(=O)N[C@@H](CC(C)C)C(=O)N[C@H](C(=O)N[C@@H](Cc1c[nH]c2ccccc12)C(=O)N1CCC[C@H]1C(=O)N[C@@H](Cc1c[nH]c2ccccc12)C(=O)N[C@@H](Cc1c[nH]c2ccccc12)C(=O)N1CCC[C@H]1C(=O)N[C@@H](Cc1c[nH]c2ccccc12)C(=O)N[C@H](C(=O)N[C@H](C(=O)N[C@H](C(=O)O)[C@@H](C)O)[C@@H](C)O)[C@@H](C)O)[C@@H](C)O. The number of amides is 11. The molecule has 0 saturated carbocycles. The van der Waals surface area contributed by atoms with Crippen molar-refractivity contribution in [2.45, 2.75) is 217 Å². The lowest BCUT2D eigenvalue weighted by molar-refractivity contribution is -0.146. The van der Waals surface area contributed by atoms with Crippen molar-refractivity contribution in [1.82, 2.24) is 77.6 Å². The van der Waals surface area contributed by atoms with Crippen LogP contribution in [-0.2, 0) is 83.2 Å². The highest BCUT2D eigenvalue weighted by Gasteiger charge is 2.45. The lowest BCUT2D eigenvalue weighted by atomic mass is 9.97. The third kappa shape index (κ3) is 20.9. The molecule has 17 atom stereocenters. The molecule has 20 N–H and O–H groups in total. The van der Waals surface area contributed by atoms with Gasteiger partial charge in [0, 0.05) is 107 Å². The van der Waals surface area contributed by atoms with Crippen LogP contribution in [0.1, 0.15) is 116 Å². The van der Waals surface area contributed by atoms with Crippen LogP contribution in [0.25, 0.3) is 43.6 Å². The first-order valence-corrected chi connectivity index (χ1v) is 39.1. The number of para-hydroxylation sites is 4. The Balaban J connectivity index is 0.927. The average Bonchev–Trinajstić information content (AvgIpc) is 1.68. The summed E-state index contributed by atoms with van der Waals surface area (Å²) in [5, 5.41) is 79.1. The number of benzene rings is 4. The molecule has 8 aromatic rings. The minimum Gasteiger partial charge on any atom is -0.480 e. The number of nitrogens with two attached hydrogens (primary N) is 1. The normalized spacial score (nSPS) is 18.3. The standard InChI is InChI=1S/C82H106N16O17/c1-9-42(4)66(83)76(108)90-59(32-41(2)3)72(104)93-67(43(5)99)77(109)92-63(36-50-40-87-58-27-17-13-23-54(50)58)81(113)98-31-19-28-64(98)74(106)88-60(33-47-37-84-55-24-14-10-20-51(47)55)71(103)91-62(35-49-39-86-57-26-16-12-22-53(49)57)80(112)97-30-18-29-65(97)75(107)89-61(34-48-38-85-56-25-15-11-21-52(48)56)73(105)94-68(44(6)100)78(110)95-69(45(7)101)79(111)96-70(46(8)102)82(114)115/h10-17,20-27,37-46,59-70,84-87,99-102H,9,18-19,28-36,83H2,1-8H3,(H,88,106)(H,89,107)(H,90,108)(H,91,103)(H,92,109)(H,93,104)(H,94,105)(H,95,110)(H,96,111)(H,114,115)/t42-,43+,44+,45+,46+,59-,60-,61-,62-,63-,64-,65-,66-,67-,68-,69-,70-/m0/s1. The summed E-state index contributed by atoms with van der Waals surface area (Å²) in [6, 6.07) is 11.0. The van der Waals surface area contributed by atoms with Gasteiger partial charge in [-0.15, -0.1) is 0 Å². The van der Waals surface area contributed by atoms with Crippen LogP contribution in [-0.4, -0.2) is 236 Å². The number of rotatable bonds is 37. The summed E-state index contributed by atoms with van der Waals surface area (Å²) < 4.78 is 0. The Morgan fingerprint density at radius 3 is 1.03 bits per heavy atom. The van der Waals surface area contributed by atoms with E-state index in [1.165, 1.54) is 16.7 Å². The number of nitrogens with zero attached hydrogens (tertiary/aromatic N) is 2. The van der Waals surface area contributed by atoms with Crippen molar-refractivity contribution >= 4 is 115 Å². The van der Waals surface area contributed by atoms with Gasteiger partial charge in [0.05, 0.1) is 30.5 Å². The van der Waals surface area contributed by atoms with Gasteiger partial charge in [-0.2, -0.15) is 0 Å². The molecule has 10 rings (SSSR count). The molecule has 4 aromatic carbocycles. The number of carbonyl (C=O) groups excluding carboxylic acids is 11. The summed E-state index contributed by atoms with van der Waals surface area (Å²) in [5.41, 5.74) is 11.4. The van der Waals surface area contributed by atoms with E-state index in [0.29, 0.717) is 67.8 Å². The topological polar surface area (TPSA) is 510 Å². The monoisotopic (exact) mass is 1590 g/mol. The summed E-state index contributed by atoms with van der Waals surface area (Å²) >= 11 is 0. The van der Waals surface area contributed by atoms with Gasteiger partial charge in [0.2, 0.25) is 65.0 Å². The first-order chi connectivity index (χ1) is 54.8. The molecule has 4 aromatic heterocycles. The van der Waals surface area contributed by atoms with Crippen molar-refractivity contribution in [2.24, 2.45) is 17.6 Å². The van der Waals surface area contributed by atoms with E-state index in [-0.39, 0.29) is 76.3 Å². The fourth-order valence-corrected chi connectivity index (χ4v) is 15.1. The predicted molar refractivity (Wildman–Crippen MR) is 426 cm³/mol. The molecule has 33 nitrogen and oxygen atoms in total. The van der Waals surface area contributed by atoms with Gasteiger partial charge in [-0.25, -0.2) is 4.79 Å². The third-order valence-corrected chi connectivity index (χ3v) is 21.7. The number of carboxylic acids is 1. The zero-order valence-electron chi connectivity index (χ0n) is 65.5. The molecule has 6 heterocycles. The van der Waals surface area contributed by atoms with Gasteiger partial charge < -0.3 is 109 Å². The molecular weight excluding hydrogens is 1480 g/mol. The molecule has 2 aliphatic heterocycles. The Kier molecular flexibility index (Phi) is 28.8. The van der Waals surface area contributed by atoms with E-state index >= 15 is 24.0 Å². The van der Waals surface area contributed by atoms with Crippen molar-refractivity contribution in [2.75, 3.05) is 13.1 Å². The molecule has 33 heteroatoms. The highest BCUT2D eigenvalue weighted by Crippen LogP contribution is 2.29. The Hall–Kier alpha value is -11.5. The number of fused-ring (bicyclic) bond motifs is 4. The van der Waals surface area contributed by atoms with Gasteiger partial charge in [-0.3, -0.25) is 52.7 Å². The number of carboxylic acid groups (broad SMARTS) is 1. The lowest BCUT2D eigenvalue weighted by Gasteiger charge is -2.32. The van der Waals surface area contributed by atoms with Crippen molar-refractivity contribution < 1.29 is 83.1 Å². The Bertz CT molecular complexity index is 4830. The molecule has 11 amide bonds. The average molecular weight is 1590 g/mol. The largest absolute Gasteiger partial charge is 0.480 e. The number of H-pyrrole nitrogens is 4. The van der Waals surface area contributed by atoms with Gasteiger partial charge in [0.15, 0.2) is 6.04 Å². The van der Waals surface area contributed by atoms with Crippen LogP contribution in [0.4, 0.5) is 0 Å². The van der Waals surface area contributed by atoms with Crippen molar-refractivity contribution in [3.05, 3.63) is 144 Å². The Morgan fingerprint density at radius 1 is 0.400 bits per heavy atom. The number of aliphatic hydroxyl groups excluding tert-OH is 4. The second-order valence-electron chi connectivity index (χ2n) is 30.7. The molecule has 0 spiro atoms. The summed E-state index contributed by atoms with van der Waals surface area (Å²) in [5.74, 6) is -11.6. The lowest BCUT2D eigenvalue weighted by Crippen LogP contribution is -2.63. The molecule has 616 valence electrons. The first-order valence-electron chi connectivity index (χ1n) is 39.1. The number of hydrogen-bond donors (Lipinski definition) is 19.